The van der Waals surface area contributed by atoms with Gasteiger partial charge in [-0.1, -0.05) is 43.0 Å². The van der Waals surface area contributed by atoms with E-state index in [4.69, 9.17) is 11.6 Å². The molecule has 1 aromatic carbocycles. The van der Waals surface area contributed by atoms with Crippen molar-refractivity contribution in [2.45, 2.75) is 38.1 Å². The van der Waals surface area contributed by atoms with Crippen LogP contribution in [0.1, 0.15) is 37.7 Å². The number of hydrogen-bond donors (Lipinski definition) is 1. The Morgan fingerprint density at radius 3 is 2.35 bits per heavy atom. The van der Waals surface area contributed by atoms with Crippen LogP contribution in [0.2, 0.25) is 5.02 Å². The number of urea groups is 1. The Hall–Kier alpha value is -2.14. The lowest BCUT2D eigenvalue weighted by Gasteiger charge is -2.35. The van der Waals surface area contributed by atoms with Crippen LogP contribution < -0.4 is 5.32 Å². The Balaban J connectivity index is 1.90. The summed E-state index contributed by atoms with van der Waals surface area (Å²) in [5.41, 5.74) is 0.670. The van der Waals surface area contributed by atoms with Gasteiger partial charge in [0, 0.05) is 11.1 Å². The minimum Gasteiger partial charge on any atom is -0.273 e. The number of rotatable bonds is 2. The molecule has 0 radical (unpaired) electrons. The minimum absolute atomic E-state index is 0.0162. The SMILES string of the molecule is O=C1NC(=O)N(C2CCCCC2)C(=O)/C1=C/c1ccc(Cl)cc1. The van der Waals surface area contributed by atoms with Crippen molar-refractivity contribution in [3.05, 3.63) is 40.4 Å². The van der Waals surface area contributed by atoms with Crippen LogP contribution in [0, 0.1) is 0 Å². The van der Waals surface area contributed by atoms with Gasteiger partial charge in [0.05, 0.1) is 0 Å². The van der Waals surface area contributed by atoms with Gasteiger partial charge in [-0.05, 0) is 36.6 Å². The number of hydrogen-bond acceptors (Lipinski definition) is 3. The lowest BCUT2D eigenvalue weighted by atomic mass is 9.93. The van der Waals surface area contributed by atoms with Gasteiger partial charge in [-0.2, -0.15) is 0 Å². The molecule has 0 spiro atoms. The molecule has 120 valence electrons. The first-order valence-corrected chi connectivity index (χ1v) is 8.10. The molecule has 1 aromatic rings. The van der Waals surface area contributed by atoms with Crippen molar-refractivity contribution in [1.82, 2.24) is 10.2 Å². The molecule has 3 rings (SSSR count). The van der Waals surface area contributed by atoms with Crippen molar-refractivity contribution in [3.8, 4) is 0 Å². The maximum atomic E-state index is 12.7. The largest absolute Gasteiger partial charge is 0.331 e. The molecule has 0 bridgehead atoms. The van der Waals surface area contributed by atoms with E-state index in [0.29, 0.717) is 10.6 Å². The summed E-state index contributed by atoms with van der Waals surface area (Å²) >= 11 is 5.84. The standard InChI is InChI=1S/C17H17ClN2O3/c18-12-8-6-11(7-9-12)10-14-15(21)19-17(23)20(16(14)22)13-4-2-1-3-5-13/h6-10,13H,1-5H2,(H,19,21,23)/b14-10+. The number of halogens is 1. The van der Waals surface area contributed by atoms with Gasteiger partial charge < -0.3 is 0 Å². The molecule has 6 heteroatoms. The predicted octanol–water partition coefficient (Wildman–Crippen LogP) is 3.13. The summed E-state index contributed by atoms with van der Waals surface area (Å²) in [4.78, 5) is 38.0. The Morgan fingerprint density at radius 2 is 1.70 bits per heavy atom. The van der Waals surface area contributed by atoms with E-state index in [2.05, 4.69) is 5.32 Å². The van der Waals surface area contributed by atoms with Crippen LogP contribution in [-0.4, -0.2) is 28.8 Å². The molecular weight excluding hydrogens is 316 g/mol. The fourth-order valence-corrected chi connectivity index (χ4v) is 3.19. The average Bonchev–Trinajstić information content (AvgIpc) is 2.54. The molecule has 1 aliphatic carbocycles. The second-order valence-corrected chi connectivity index (χ2v) is 6.27. The molecule has 5 nitrogen and oxygen atoms in total. The molecular formula is C17H17ClN2O3. The Bertz CT molecular complexity index is 676. The lowest BCUT2D eigenvalue weighted by molar-refractivity contribution is -0.132. The highest BCUT2D eigenvalue weighted by molar-refractivity contribution is 6.31. The van der Waals surface area contributed by atoms with Gasteiger partial charge in [-0.3, -0.25) is 19.8 Å². The summed E-state index contributed by atoms with van der Waals surface area (Å²) in [7, 11) is 0. The zero-order valence-electron chi connectivity index (χ0n) is 12.5. The second-order valence-electron chi connectivity index (χ2n) is 5.84. The van der Waals surface area contributed by atoms with Gasteiger partial charge in [-0.15, -0.1) is 0 Å². The van der Waals surface area contributed by atoms with Crippen LogP contribution in [0.3, 0.4) is 0 Å². The van der Waals surface area contributed by atoms with Gasteiger partial charge in [0.25, 0.3) is 11.8 Å². The summed E-state index contributed by atoms with van der Waals surface area (Å²) < 4.78 is 0. The highest BCUT2D eigenvalue weighted by Gasteiger charge is 2.40. The fraction of sp³-hybridized carbons (Fsp3) is 0.353. The smallest absolute Gasteiger partial charge is 0.273 e. The highest BCUT2D eigenvalue weighted by atomic mass is 35.5. The highest BCUT2D eigenvalue weighted by Crippen LogP contribution is 2.26. The first-order valence-electron chi connectivity index (χ1n) is 7.72. The maximum Gasteiger partial charge on any atom is 0.331 e. The van der Waals surface area contributed by atoms with Crippen LogP contribution in [0.25, 0.3) is 6.08 Å². The number of nitrogens with zero attached hydrogens (tertiary/aromatic N) is 1. The molecule has 4 amide bonds. The Labute approximate surface area is 139 Å². The summed E-state index contributed by atoms with van der Waals surface area (Å²) in [6, 6.07) is 6.07. The molecule has 2 aliphatic rings. The molecule has 1 saturated carbocycles. The second kappa shape index (κ2) is 6.54. The number of carbonyl (C=O) groups is 3. The summed E-state index contributed by atoms with van der Waals surface area (Å²) in [6.45, 7) is 0. The minimum atomic E-state index is -0.651. The third-order valence-electron chi connectivity index (χ3n) is 4.25. The number of benzene rings is 1. The van der Waals surface area contributed by atoms with Crippen molar-refractivity contribution in [2.24, 2.45) is 0 Å². The van der Waals surface area contributed by atoms with Gasteiger partial charge in [0.15, 0.2) is 0 Å². The number of barbiturate groups is 1. The van der Waals surface area contributed by atoms with Crippen molar-refractivity contribution in [2.75, 3.05) is 0 Å². The zero-order chi connectivity index (χ0) is 16.4. The van der Waals surface area contributed by atoms with Crippen LogP contribution in [-0.2, 0) is 9.59 Å². The van der Waals surface area contributed by atoms with E-state index in [1.807, 2.05) is 0 Å². The Morgan fingerprint density at radius 1 is 1.04 bits per heavy atom. The van der Waals surface area contributed by atoms with E-state index in [1.54, 1.807) is 24.3 Å². The molecule has 1 aliphatic heterocycles. The average molecular weight is 333 g/mol. The van der Waals surface area contributed by atoms with Gasteiger partial charge in [0.1, 0.15) is 5.57 Å². The third-order valence-corrected chi connectivity index (χ3v) is 4.51. The summed E-state index contributed by atoms with van der Waals surface area (Å²) in [5, 5.41) is 2.85. The lowest BCUT2D eigenvalue weighted by Crippen LogP contribution is -2.58. The van der Waals surface area contributed by atoms with Crippen molar-refractivity contribution in [1.29, 1.82) is 0 Å². The van der Waals surface area contributed by atoms with E-state index in [9.17, 15) is 14.4 Å². The molecule has 2 fully saturated rings. The van der Waals surface area contributed by atoms with Crippen LogP contribution >= 0.6 is 11.6 Å². The predicted molar refractivity (Wildman–Crippen MR) is 86.7 cm³/mol. The molecule has 1 heterocycles. The van der Waals surface area contributed by atoms with E-state index >= 15 is 0 Å². The van der Waals surface area contributed by atoms with Gasteiger partial charge >= 0.3 is 6.03 Å². The van der Waals surface area contributed by atoms with Crippen LogP contribution in [0.5, 0.6) is 0 Å². The summed E-state index contributed by atoms with van der Waals surface area (Å²) in [5.74, 6) is -1.16. The van der Waals surface area contributed by atoms with Crippen molar-refractivity contribution in [3.63, 3.8) is 0 Å². The van der Waals surface area contributed by atoms with E-state index in [-0.39, 0.29) is 11.6 Å². The van der Waals surface area contributed by atoms with Crippen LogP contribution in [0.4, 0.5) is 4.79 Å². The van der Waals surface area contributed by atoms with Crippen molar-refractivity contribution >= 4 is 35.5 Å². The number of nitrogens with one attached hydrogen (secondary N) is 1. The number of imide groups is 2. The maximum absolute atomic E-state index is 12.7. The van der Waals surface area contributed by atoms with Gasteiger partial charge in [0.2, 0.25) is 0 Å². The fourth-order valence-electron chi connectivity index (χ4n) is 3.07. The quantitative estimate of drug-likeness (QED) is 0.668. The normalized spacial score (nSPS) is 21.7. The third kappa shape index (κ3) is 3.29. The monoisotopic (exact) mass is 332 g/mol. The number of amides is 4. The molecule has 0 atom stereocenters. The topological polar surface area (TPSA) is 66.5 Å². The van der Waals surface area contributed by atoms with Crippen molar-refractivity contribution < 1.29 is 14.4 Å². The summed E-state index contributed by atoms with van der Waals surface area (Å²) in [6.07, 6.45) is 6.18. The first kappa shape index (κ1) is 15.7. The van der Waals surface area contributed by atoms with Crippen LogP contribution in [0.15, 0.2) is 29.8 Å². The Kier molecular flexibility index (Phi) is 4.48. The van der Waals surface area contributed by atoms with E-state index < -0.39 is 17.8 Å². The van der Waals surface area contributed by atoms with E-state index in [1.165, 1.54) is 11.0 Å². The molecule has 1 saturated heterocycles. The number of carbonyl (C=O) groups excluding carboxylic acids is 3. The molecule has 0 aromatic heterocycles. The zero-order valence-corrected chi connectivity index (χ0v) is 13.3. The molecule has 1 N–H and O–H groups in total. The van der Waals surface area contributed by atoms with Gasteiger partial charge in [-0.25, -0.2) is 4.79 Å². The van der Waals surface area contributed by atoms with E-state index in [0.717, 1.165) is 32.1 Å². The first-order chi connectivity index (χ1) is 11.1. The molecule has 0 unspecified atom stereocenters. The molecule has 23 heavy (non-hydrogen) atoms.